The van der Waals surface area contributed by atoms with E-state index in [4.69, 9.17) is 9.84 Å². The molecule has 1 rings (SSSR count). The topological polar surface area (TPSA) is 87.7 Å². The Morgan fingerprint density at radius 2 is 1.95 bits per heavy atom. The van der Waals surface area contributed by atoms with Crippen LogP contribution in [0.3, 0.4) is 0 Å². The highest BCUT2D eigenvalue weighted by Crippen LogP contribution is 2.31. The molecule has 1 saturated heterocycles. The summed E-state index contributed by atoms with van der Waals surface area (Å²) >= 11 is 0. The Balaban J connectivity index is 2.56. The summed E-state index contributed by atoms with van der Waals surface area (Å²) in [4.78, 5) is 22.9. The summed E-state index contributed by atoms with van der Waals surface area (Å²) in [5.41, 5.74) is -1.44. The summed E-state index contributed by atoms with van der Waals surface area (Å²) in [6.07, 6.45) is 3.33. The number of amides is 2. The third-order valence-electron chi connectivity index (χ3n) is 4.08. The quantitative estimate of drug-likeness (QED) is 0.720. The number of hydrogen-bond donors (Lipinski definition) is 3. The van der Waals surface area contributed by atoms with Gasteiger partial charge in [-0.2, -0.15) is 0 Å². The minimum absolute atomic E-state index is 0.0215. The number of carboxylic acids is 1. The van der Waals surface area contributed by atoms with Gasteiger partial charge in [-0.05, 0) is 39.5 Å². The van der Waals surface area contributed by atoms with E-state index in [-0.39, 0.29) is 11.6 Å². The van der Waals surface area contributed by atoms with Gasteiger partial charge in [0.05, 0.1) is 5.60 Å². The second-order valence-corrected chi connectivity index (χ2v) is 5.96. The molecule has 1 heterocycles. The van der Waals surface area contributed by atoms with Gasteiger partial charge in [0.1, 0.15) is 5.54 Å². The largest absolute Gasteiger partial charge is 0.480 e. The van der Waals surface area contributed by atoms with E-state index < -0.39 is 17.5 Å². The van der Waals surface area contributed by atoms with Crippen LogP contribution in [0.4, 0.5) is 4.79 Å². The van der Waals surface area contributed by atoms with Crippen LogP contribution in [0, 0.1) is 0 Å². The lowest BCUT2D eigenvalue weighted by Gasteiger charge is -2.40. The maximum Gasteiger partial charge on any atom is 0.328 e. The summed E-state index contributed by atoms with van der Waals surface area (Å²) < 4.78 is 5.85. The lowest BCUT2D eigenvalue weighted by atomic mass is 9.86. The fraction of sp³-hybridized carbons (Fsp3) is 0.857. The third-order valence-corrected chi connectivity index (χ3v) is 4.08. The number of nitrogens with one attached hydrogen (secondary N) is 2. The van der Waals surface area contributed by atoms with E-state index in [2.05, 4.69) is 24.5 Å². The van der Waals surface area contributed by atoms with Crippen LogP contribution < -0.4 is 10.6 Å². The number of carboxylic acid groups (broad SMARTS) is 1. The van der Waals surface area contributed by atoms with Crippen LogP contribution in [0.25, 0.3) is 0 Å². The molecule has 6 nitrogen and oxygen atoms in total. The zero-order chi connectivity index (χ0) is 15.4. The first-order valence-electron chi connectivity index (χ1n) is 7.20. The molecule has 0 spiro atoms. The van der Waals surface area contributed by atoms with E-state index >= 15 is 0 Å². The molecule has 0 aromatic rings. The Hall–Kier alpha value is -1.30. The number of ether oxygens (including phenoxy) is 1. The van der Waals surface area contributed by atoms with Gasteiger partial charge in [0.25, 0.3) is 0 Å². The van der Waals surface area contributed by atoms with Crippen molar-refractivity contribution in [3.63, 3.8) is 0 Å². The molecule has 1 aliphatic heterocycles. The maximum absolute atomic E-state index is 11.9. The number of rotatable bonds is 5. The molecule has 6 heteroatoms. The Morgan fingerprint density at radius 3 is 2.45 bits per heavy atom. The van der Waals surface area contributed by atoms with Crippen molar-refractivity contribution in [2.45, 2.75) is 70.6 Å². The van der Waals surface area contributed by atoms with Crippen molar-refractivity contribution in [1.29, 1.82) is 0 Å². The number of carbonyl (C=O) groups excluding carboxylic acids is 1. The first-order valence-corrected chi connectivity index (χ1v) is 7.20. The van der Waals surface area contributed by atoms with Crippen LogP contribution in [0.2, 0.25) is 0 Å². The van der Waals surface area contributed by atoms with E-state index in [1.165, 1.54) is 13.8 Å². The molecular formula is C14H26N2O4. The Kier molecular flexibility index (Phi) is 5.39. The summed E-state index contributed by atoms with van der Waals surface area (Å²) in [6, 6.07) is -0.418. The molecule has 0 aromatic heterocycles. The van der Waals surface area contributed by atoms with Crippen molar-refractivity contribution in [3.8, 4) is 0 Å². The summed E-state index contributed by atoms with van der Waals surface area (Å²) in [5.74, 6) is -1.06. The molecule has 0 aromatic carbocycles. The van der Waals surface area contributed by atoms with Crippen molar-refractivity contribution in [2.24, 2.45) is 0 Å². The molecule has 1 aliphatic rings. The molecule has 2 amide bonds. The smallest absolute Gasteiger partial charge is 0.328 e. The predicted octanol–water partition coefficient (Wildman–Crippen LogP) is 1.89. The van der Waals surface area contributed by atoms with Gasteiger partial charge in [0.15, 0.2) is 0 Å². The standard InChI is InChI=1S/C14H26N2O4/c1-5-14(6-2)9-10(7-8-20-14)15-12(19)16-13(3,4)11(17)18/h10H,5-9H2,1-4H3,(H,17,18)(H2,15,16,19). The van der Waals surface area contributed by atoms with Crippen LogP contribution in [0.5, 0.6) is 0 Å². The Morgan fingerprint density at radius 1 is 1.35 bits per heavy atom. The highest BCUT2D eigenvalue weighted by molar-refractivity contribution is 5.85. The van der Waals surface area contributed by atoms with Crippen molar-refractivity contribution in [3.05, 3.63) is 0 Å². The van der Waals surface area contributed by atoms with E-state index in [9.17, 15) is 9.59 Å². The van der Waals surface area contributed by atoms with Crippen molar-refractivity contribution < 1.29 is 19.4 Å². The van der Waals surface area contributed by atoms with Gasteiger partial charge >= 0.3 is 12.0 Å². The van der Waals surface area contributed by atoms with Crippen LogP contribution >= 0.6 is 0 Å². The van der Waals surface area contributed by atoms with Gasteiger partial charge in [-0.1, -0.05) is 13.8 Å². The summed E-state index contributed by atoms with van der Waals surface area (Å²) in [7, 11) is 0. The van der Waals surface area contributed by atoms with Crippen molar-refractivity contribution >= 4 is 12.0 Å². The molecule has 0 bridgehead atoms. The molecule has 0 saturated carbocycles. The van der Waals surface area contributed by atoms with Gasteiger partial charge in [-0.25, -0.2) is 9.59 Å². The average Bonchev–Trinajstić information content (AvgIpc) is 2.37. The van der Waals surface area contributed by atoms with Crippen LogP contribution in [-0.2, 0) is 9.53 Å². The van der Waals surface area contributed by atoms with E-state index in [1.54, 1.807) is 0 Å². The number of hydrogen-bond acceptors (Lipinski definition) is 3. The highest BCUT2D eigenvalue weighted by atomic mass is 16.5. The average molecular weight is 286 g/mol. The van der Waals surface area contributed by atoms with E-state index in [1.807, 2.05) is 0 Å². The zero-order valence-electron chi connectivity index (χ0n) is 12.8. The molecule has 116 valence electrons. The van der Waals surface area contributed by atoms with E-state index in [0.29, 0.717) is 6.61 Å². The number of urea groups is 1. The van der Waals surface area contributed by atoms with Crippen molar-refractivity contribution in [1.82, 2.24) is 10.6 Å². The van der Waals surface area contributed by atoms with Crippen LogP contribution in [0.1, 0.15) is 53.4 Å². The normalized spacial score (nSPS) is 22.1. The molecule has 0 aliphatic carbocycles. The lowest BCUT2D eigenvalue weighted by Crippen LogP contribution is -2.56. The summed E-state index contributed by atoms with van der Waals surface area (Å²) in [6.45, 7) is 7.70. The first-order chi connectivity index (χ1) is 9.24. The molecular weight excluding hydrogens is 260 g/mol. The second-order valence-electron chi connectivity index (χ2n) is 5.96. The van der Waals surface area contributed by atoms with Gasteiger partial charge in [-0.15, -0.1) is 0 Å². The lowest BCUT2D eigenvalue weighted by molar-refractivity contribution is -0.143. The molecule has 1 fully saturated rings. The fourth-order valence-corrected chi connectivity index (χ4v) is 2.45. The molecule has 1 atom stereocenters. The first kappa shape index (κ1) is 16.8. The maximum atomic E-state index is 11.9. The van der Waals surface area contributed by atoms with Gasteiger partial charge in [0.2, 0.25) is 0 Å². The molecule has 0 radical (unpaired) electrons. The SMILES string of the molecule is CCC1(CC)CC(NC(=O)NC(C)(C)C(=O)O)CCO1. The van der Waals surface area contributed by atoms with Crippen LogP contribution in [0.15, 0.2) is 0 Å². The predicted molar refractivity (Wildman–Crippen MR) is 75.7 cm³/mol. The monoisotopic (exact) mass is 286 g/mol. The molecule has 20 heavy (non-hydrogen) atoms. The Bertz CT molecular complexity index is 364. The van der Waals surface area contributed by atoms with Crippen LogP contribution in [-0.4, -0.2) is 40.9 Å². The Labute approximate surface area is 120 Å². The van der Waals surface area contributed by atoms with Gasteiger partial charge in [-0.3, -0.25) is 0 Å². The second kappa shape index (κ2) is 6.43. The molecule has 3 N–H and O–H groups in total. The summed E-state index contributed by atoms with van der Waals surface area (Å²) in [5, 5.41) is 14.3. The third kappa shape index (κ3) is 4.10. The fourth-order valence-electron chi connectivity index (χ4n) is 2.45. The van der Waals surface area contributed by atoms with Gasteiger partial charge in [0, 0.05) is 12.6 Å². The van der Waals surface area contributed by atoms with E-state index in [0.717, 1.165) is 25.7 Å². The van der Waals surface area contributed by atoms with Crippen molar-refractivity contribution in [2.75, 3.05) is 6.61 Å². The molecule has 1 unspecified atom stereocenters. The minimum atomic E-state index is -1.28. The minimum Gasteiger partial charge on any atom is -0.480 e. The zero-order valence-corrected chi connectivity index (χ0v) is 12.8. The highest BCUT2D eigenvalue weighted by Gasteiger charge is 2.36. The number of carbonyl (C=O) groups is 2. The number of aliphatic carboxylic acids is 1. The van der Waals surface area contributed by atoms with Gasteiger partial charge < -0.3 is 20.5 Å².